The maximum atomic E-state index is 12.2. The highest BCUT2D eigenvalue weighted by molar-refractivity contribution is 6.36. The topological polar surface area (TPSA) is 33.2 Å². The molecule has 0 spiro atoms. The number of pyridine rings is 1. The maximum Gasteiger partial charge on any atom is 0.178 e. The quantitative estimate of drug-likeness (QED) is 0.790. The minimum atomic E-state index is -0.0593. The van der Waals surface area contributed by atoms with E-state index in [1.54, 1.807) is 24.4 Å². The van der Waals surface area contributed by atoms with Crippen molar-refractivity contribution >= 4 is 29.0 Å². The normalized spacial score (nSPS) is 10.8. The van der Waals surface area contributed by atoms with Crippen molar-refractivity contribution in [3.05, 3.63) is 63.9 Å². The molecule has 0 fully saturated rings. The average molecular weight is 309 g/mol. The number of halogens is 2. The SMILES string of the molecule is CN(CC(=O)c1cc(Cl)ccc1Cl)Cc1ccccn1. The van der Waals surface area contributed by atoms with Gasteiger partial charge in [-0.05, 0) is 37.4 Å². The van der Waals surface area contributed by atoms with E-state index in [1.165, 1.54) is 0 Å². The van der Waals surface area contributed by atoms with Crippen molar-refractivity contribution in [2.75, 3.05) is 13.6 Å². The van der Waals surface area contributed by atoms with Gasteiger partial charge in [0.05, 0.1) is 17.3 Å². The van der Waals surface area contributed by atoms with E-state index in [9.17, 15) is 4.79 Å². The molecule has 1 aromatic carbocycles. The molecule has 0 aliphatic rings. The molecule has 0 radical (unpaired) electrons. The van der Waals surface area contributed by atoms with Crippen LogP contribution in [0.4, 0.5) is 0 Å². The van der Waals surface area contributed by atoms with E-state index in [-0.39, 0.29) is 12.3 Å². The van der Waals surface area contributed by atoms with E-state index >= 15 is 0 Å². The number of likely N-dealkylation sites (N-methyl/N-ethyl adjacent to an activating group) is 1. The van der Waals surface area contributed by atoms with Crippen LogP contribution in [0.1, 0.15) is 16.1 Å². The number of carbonyl (C=O) groups is 1. The Bertz CT molecular complexity index is 602. The molecule has 0 amide bonds. The molecule has 1 heterocycles. The number of carbonyl (C=O) groups excluding carboxylic acids is 1. The van der Waals surface area contributed by atoms with Crippen molar-refractivity contribution < 1.29 is 4.79 Å². The molecule has 0 atom stereocenters. The number of aromatic nitrogens is 1. The van der Waals surface area contributed by atoms with Gasteiger partial charge in [-0.25, -0.2) is 0 Å². The van der Waals surface area contributed by atoms with Gasteiger partial charge in [-0.1, -0.05) is 29.3 Å². The molecule has 0 bridgehead atoms. The monoisotopic (exact) mass is 308 g/mol. The van der Waals surface area contributed by atoms with Crippen LogP contribution in [0.25, 0.3) is 0 Å². The zero-order valence-electron chi connectivity index (χ0n) is 11.0. The van der Waals surface area contributed by atoms with Gasteiger partial charge < -0.3 is 0 Å². The second-order valence-corrected chi connectivity index (χ2v) is 5.38. The fraction of sp³-hybridized carbons (Fsp3) is 0.200. The van der Waals surface area contributed by atoms with Crippen LogP contribution in [0.3, 0.4) is 0 Å². The zero-order chi connectivity index (χ0) is 14.5. The van der Waals surface area contributed by atoms with Crippen LogP contribution in [-0.2, 0) is 6.54 Å². The summed E-state index contributed by atoms with van der Waals surface area (Å²) >= 11 is 11.9. The number of hydrogen-bond acceptors (Lipinski definition) is 3. The molecule has 0 saturated carbocycles. The summed E-state index contributed by atoms with van der Waals surface area (Å²) in [6.07, 6.45) is 1.73. The van der Waals surface area contributed by atoms with E-state index in [4.69, 9.17) is 23.2 Å². The van der Waals surface area contributed by atoms with Crippen LogP contribution in [0.15, 0.2) is 42.6 Å². The van der Waals surface area contributed by atoms with Crippen molar-refractivity contribution in [3.8, 4) is 0 Å². The standard InChI is InChI=1S/C15H14Cl2N2O/c1-19(9-12-4-2-3-7-18-12)10-15(20)13-8-11(16)5-6-14(13)17/h2-8H,9-10H2,1H3. The Kier molecular flexibility index (Phi) is 5.12. The van der Waals surface area contributed by atoms with E-state index in [0.717, 1.165) is 5.69 Å². The highest BCUT2D eigenvalue weighted by Gasteiger charge is 2.13. The predicted octanol–water partition coefficient (Wildman–Crippen LogP) is 3.70. The Labute approximate surface area is 128 Å². The number of ketones is 1. The number of Topliss-reactive ketones (excluding diaryl/α,β-unsaturated/α-hetero) is 1. The Balaban J connectivity index is 2.02. The van der Waals surface area contributed by atoms with Gasteiger partial charge in [0.2, 0.25) is 0 Å². The Morgan fingerprint density at radius 1 is 1.25 bits per heavy atom. The molecule has 5 heteroatoms. The lowest BCUT2D eigenvalue weighted by Gasteiger charge is -2.15. The lowest BCUT2D eigenvalue weighted by Crippen LogP contribution is -2.26. The molecule has 0 aliphatic carbocycles. The molecule has 2 rings (SSSR count). The first-order valence-electron chi connectivity index (χ1n) is 6.13. The van der Waals surface area contributed by atoms with Gasteiger partial charge in [0.1, 0.15) is 0 Å². The van der Waals surface area contributed by atoms with Crippen molar-refractivity contribution in [2.24, 2.45) is 0 Å². The van der Waals surface area contributed by atoms with E-state index in [1.807, 2.05) is 30.1 Å². The van der Waals surface area contributed by atoms with Crippen LogP contribution < -0.4 is 0 Å². The van der Waals surface area contributed by atoms with Gasteiger partial charge >= 0.3 is 0 Å². The van der Waals surface area contributed by atoms with Crippen LogP contribution in [0.5, 0.6) is 0 Å². The maximum absolute atomic E-state index is 12.2. The lowest BCUT2D eigenvalue weighted by molar-refractivity contribution is 0.0942. The smallest absolute Gasteiger partial charge is 0.178 e. The minimum absolute atomic E-state index is 0.0593. The second kappa shape index (κ2) is 6.84. The molecule has 20 heavy (non-hydrogen) atoms. The summed E-state index contributed by atoms with van der Waals surface area (Å²) in [7, 11) is 1.87. The van der Waals surface area contributed by atoms with Gasteiger partial charge in [0, 0.05) is 23.3 Å². The highest BCUT2D eigenvalue weighted by atomic mass is 35.5. The summed E-state index contributed by atoms with van der Waals surface area (Å²) in [5, 5.41) is 0.927. The van der Waals surface area contributed by atoms with Gasteiger partial charge in [-0.2, -0.15) is 0 Å². The molecule has 3 nitrogen and oxygen atoms in total. The van der Waals surface area contributed by atoms with E-state index < -0.39 is 0 Å². The summed E-state index contributed by atoms with van der Waals surface area (Å²) in [4.78, 5) is 18.3. The van der Waals surface area contributed by atoms with Gasteiger partial charge in [0.25, 0.3) is 0 Å². The molecular formula is C15H14Cl2N2O. The first-order chi connectivity index (χ1) is 9.56. The van der Waals surface area contributed by atoms with Crippen LogP contribution in [0, 0.1) is 0 Å². The highest BCUT2D eigenvalue weighted by Crippen LogP contribution is 2.21. The summed E-state index contributed by atoms with van der Waals surface area (Å²) in [6.45, 7) is 0.863. The Morgan fingerprint density at radius 3 is 2.75 bits per heavy atom. The van der Waals surface area contributed by atoms with E-state index in [0.29, 0.717) is 22.2 Å². The molecule has 2 aromatic rings. The summed E-state index contributed by atoms with van der Waals surface area (Å²) < 4.78 is 0. The first kappa shape index (κ1) is 15.0. The van der Waals surface area contributed by atoms with Gasteiger partial charge in [0.15, 0.2) is 5.78 Å². The molecular weight excluding hydrogens is 295 g/mol. The fourth-order valence-electron chi connectivity index (χ4n) is 1.87. The van der Waals surface area contributed by atoms with E-state index in [2.05, 4.69) is 4.98 Å². The molecule has 1 aromatic heterocycles. The van der Waals surface area contributed by atoms with Crippen molar-refractivity contribution in [3.63, 3.8) is 0 Å². The largest absolute Gasteiger partial charge is 0.293 e. The molecule has 104 valence electrons. The fourth-order valence-corrected chi connectivity index (χ4v) is 2.26. The third-order valence-corrected chi connectivity index (χ3v) is 3.37. The zero-order valence-corrected chi connectivity index (χ0v) is 12.5. The van der Waals surface area contributed by atoms with Crippen LogP contribution in [0.2, 0.25) is 10.0 Å². The first-order valence-corrected chi connectivity index (χ1v) is 6.88. The van der Waals surface area contributed by atoms with Gasteiger partial charge in [-0.3, -0.25) is 14.7 Å². The van der Waals surface area contributed by atoms with Crippen molar-refractivity contribution in [2.45, 2.75) is 6.54 Å². The predicted molar refractivity (Wildman–Crippen MR) is 81.4 cm³/mol. The number of rotatable bonds is 5. The summed E-state index contributed by atoms with van der Waals surface area (Å²) in [5.74, 6) is -0.0593. The number of hydrogen-bond donors (Lipinski definition) is 0. The van der Waals surface area contributed by atoms with Crippen LogP contribution >= 0.6 is 23.2 Å². The van der Waals surface area contributed by atoms with Crippen molar-refractivity contribution in [1.82, 2.24) is 9.88 Å². The van der Waals surface area contributed by atoms with Gasteiger partial charge in [-0.15, -0.1) is 0 Å². The van der Waals surface area contributed by atoms with Crippen molar-refractivity contribution in [1.29, 1.82) is 0 Å². The van der Waals surface area contributed by atoms with Crippen LogP contribution in [-0.4, -0.2) is 29.3 Å². The minimum Gasteiger partial charge on any atom is -0.293 e. The summed E-state index contributed by atoms with van der Waals surface area (Å²) in [5.41, 5.74) is 1.37. The molecule has 0 aliphatic heterocycles. The Morgan fingerprint density at radius 2 is 2.05 bits per heavy atom. The third-order valence-electron chi connectivity index (χ3n) is 2.80. The third kappa shape index (κ3) is 4.04. The second-order valence-electron chi connectivity index (χ2n) is 4.54. The summed E-state index contributed by atoms with van der Waals surface area (Å²) in [6, 6.07) is 10.6. The Hall–Kier alpha value is -1.42. The number of benzene rings is 1. The number of nitrogens with zero attached hydrogens (tertiary/aromatic N) is 2. The average Bonchev–Trinajstić information content (AvgIpc) is 2.42. The lowest BCUT2D eigenvalue weighted by atomic mass is 10.1. The molecule has 0 saturated heterocycles. The molecule has 0 unspecified atom stereocenters. The molecule has 0 N–H and O–H groups in total.